The molecule has 0 saturated heterocycles. The van der Waals surface area contributed by atoms with Crippen LogP contribution in [0.1, 0.15) is 11.1 Å². The van der Waals surface area contributed by atoms with E-state index in [0.717, 1.165) is 15.6 Å². The second-order valence-corrected chi connectivity index (χ2v) is 5.36. The number of halogens is 1. The van der Waals surface area contributed by atoms with Crippen molar-refractivity contribution in [3.8, 4) is 5.75 Å². The van der Waals surface area contributed by atoms with Crippen molar-refractivity contribution in [3.63, 3.8) is 0 Å². The minimum atomic E-state index is -0.302. The molecule has 0 spiro atoms. The third-order valence-electron chi connectivity index (χ3n) is 2.66. The van der Waals surface area contributed by atoms with Crippen molar-refractivity contribution in [1.82, 2.24) is 5.43 Å². The average Bonchev–Trinajstić information content (AvgIpc) is 2.49. The van der Waals surface area contributed by atoms with Crippen LogP contribution >= 0.6 is 15.9 Å². The summed E-state index contributed by atoms with van der Waals surface area (Å²) in [6.45, 7) is 1.92. The SMILES string of the molecule is Cc1ccc(OCC(=O)N/N=C/c2ccc(Br)cc2)cc1. The minimum absolute atomic E-state index is 0.0687. The van der Waals surface area contributed by atoms with Crippen LogP contribution in [0.3, 0.4) is 0 Å². The van der Waals surface area contributed by atoms with E-state index in [4.69, 9.17) is 4.74 Å². The van der Waals surface area contributed by atoms with Gasteiger partial charge in [-0.25, -0.2) is 5.43 Å². The lowest BCUT2D eigenvalue weighted by molar-refractivity contribution is -0.123. The first kappa shape index (κ1) is 15.3. The van der Waals surface area contributed by atoms with E-state index in [1.165, 1.54) is 0 Å². The summed E-state index contributed by atoms with van der Waals surface area (Å²) in [6.07, 6.45) is 1.58. The lowest BCUT2D eigenvalue weighted by Crippen LogP contribution is -2.24. The van der Waals surface area contributed by atoms with Crippen LogP contribution in [-0.4, -0.2) is 18.7 Å². The molecule has 0 aliphatic rings. The quantitative estimate of drug-likeness (QED) is 0.667. The number of benzene rings is 2. The van der Waals surface area contributed by atoms with Crippen molar-refractivity contribution < 1.29 is 9.53 Å². The molecule has 2 aromatic rings. The Balaban J connectivity index is 1.77. The molecule has 1 N–H and O–H groups in total. The van der Waals surface area contributed by atoms with Gasteiger partial charge in [0.2, 0.25) is 0 Å². The standard InChI is InChI=1S/C16H15BrN2O2/c1-12-2-8-15(9-3-12)21-11-16(20)19-18-10-13-4-6-14(17)7-5-13/h2-10H,11H2,1H3,(H,19,20)/b18-10+. The number of carbonyl (C=O) groups excluding carboxylic acids is 1. The molecule has 0 aromatic heterocycles. The number of hydrazone groups is 1. The van der Waals surface area contributed by atoms with Crippen LogP contribution in [0, 0.1) is 6.92 Å². The predicted molar refractivity (Wildman–Crippen MR) is 86.6 cm³/mol. The van der Waals surface area contributed by atoms with Gasteiger partial charge in [-0.05, 0) is 36.8 Å². The highest BCUT2D eigenvalue weighted by atomic mass is 79.9. The first-order valence-corrected chi connectivity index (χ1v) is 7.20. The van der Waals surface area contributed by atoms with Gasteiger partial charge < -0.3 is 4.74 Å². The largest absolute Gasteiger partial charge is 0.484 e. The minimum Gasteiger partial charge on any atom is -0.484 e. The summed E-state index contributed by atoms with van der Waals surface area (Å²) in [6, 6.07) is 15.1. The van der Waals surface area contributed by atoms with Crippen molar-refractivity contribution >= 4 is 28.1 Å². The van der Waals surface area contributed by atoms with Crippen LogP contribution in [0.2, 0.25) is 0 Å². The van der Waals surface area contributed by atoms with Crippen LogP contribution in [0.25, 0.3) is 0 Å². The molecule has 4 nitrogen and oxygen atoms in total. The smallest absolute Gasteiger partial charge is 0.277 e. The van der Waals surface area contributed by atoms with E-state index in [1.807, 2.05) is 55.5 Å². The summed E-state index contributed by atoms with van der Waals surface area (Å²) >= 11 is 3.35. The molecule has 0 radical (unpaired) electrons. The monoisotopic (exact) mass is 346 g/mol. The van der Waals surface area contributed by atoms with Gasteiger partial charge in [-0.15, -0.1) is 0 Å². The lowest BCUT2D eigenvalue weighted by Gasteiger charge is -2.04. The normalized spacial score (nSPS) is 10.6. The highest BCUT2D eigenvalue weighted by molar-refractivity contribution is 9.10. The maximum absolute atomic E-state index is 11.6. The molecule has 0 bridgehead atoms. The molecule has 0 aliphatic carbocycles. The van der Waals surface area contributed by atoms with Crippen molar-refractivity contribution in [2.75, 3.05) is 6.61 Å². The van der Waals surface area contributed by atoms with E-state index in [0.29, 0.717) is 5.75 Å². The van der Waals surface area contributed by atoms with Crippen LogP contribution in [-0.2, 0) is 4.79 Å². The Kier molecular flexibility index (Phi) is 5.51. The highest BCUT2D eigenvalue weighted by Gasteiger charge is 2.00. The van der Waals surface area contributed by atoms with Gasteiger partial charge in [0.1, 0.15) is 5.75 Å². The third kappa shape index (κ3) is 5.39. The number of hydrogen-bond acceptors (Lipinski definition) is 3. The predicted octanol–water partition coefficient (Wildman–Crippen LogP) is 3.29. The fraction of sp³-hybridized carbons (Fsp3) is 0.125. The van der Waals surface area contributed by atoms with Gasteiger partial charge in [-0.1, -0.05) is 45.8 Å². The van der Waals surface area contributed by atoms with Crippen molar-refractivity contribution in [2.45, 2.75) is 6.92 Å². The topological polar surface area (TPSA) is 50.7 Å². The zero-order valence-corrected chi connectivity index (χ0v) is 13.1. The second-order valence-electron chi connectivity index (χ2n) is 4.45. The van der Waals surface area contributed by atoms with Crippen molar-refractivity contribution in [1.29, 1.82) is 0 Å². The molecule has 0 heterocycles. The van der Waals surface area contributed by atoms with E-state index in [9.17, 15) is 4.79 Å². The van der Waals surface area contributed by atoms with Gasteiger partial charge in [0, 0.05) is 4.47 Å². The molecule has 1 amide bonds. The third-order valence-corrected chi connectivity index (χ3v) is 3.19. The summed E-state index contributed by atoms with van der Waals surface area (Å²) in [5.41, 5.74) is 4.47. The summed E-state index contributed by atoms with van der Waals surface area (Å²) in [4.78, 5) is 11.6. The van der Waals surface area contributed by atoms with Gasteiger partial charge in [0.25, 0.3) is 5.91 Å². The van der Waals surface area contributed by atoms with Crippen LogP contribution in [0.15, 0.2) is 58.1 Å². The number of ether oxygens (including phenoxy) is 1. The molecule has 0 atom stereocenters. The van der Waals surface area contributed by atoms with Gasteiger partial charge >= 0.3 is 0 Å². The summed E-state index contributed by atoms with van der Waals surface area (Å²) in [7, 11) is 0. The Morgan fingerprint density at radius 2 is 1.86 bits per heavy atom. The van der Waals surface area contributed by atoms with Crippen LogP contribution < -0.4 is 10.2 Å². The number of rotatable bonds is 5. The van der Waals surface area contributed by atoms with Crippen molar-refractivity contribution in [2.24, 2.45) is 5.10 Å². The molecular formula is C16H15BrN2O2. The van der Waals surface area contributed by atoms with E-state index in [1.54, 1.807) is 6.21 Å². The number of aryl methyl sites for hydroxylation is 1. The summed E-state index contributed by atoms with van der Waals surface area (Å²) in [5, 5.41) is 3.88. The van der Waals surface area contributed by atoms with Gasteiger partial charge in [-0.3, -0.25) is 4.79 Å². The molecule has 0 unspecified atom stereocenters. The van der Waals surface area contributed by atoms with E-state index >= 15 is 0 Å². The van der Waals surface area contributed by atoms with E-state index in [-0.39, 0.29) is 12.5 Å². The zero-order chi connectivity index (χ0) is 15.1. The molecule has 5 heteroatoms. The summed E-state index contributed by atoms with van der Waals surface area (Å²) < 4.78 is 6.34. The first-order valence-electron chi connectivity index (χ1n) is 6.40. The van der Waals surface area contributed by atoms with Gasteiger partial charge in [0.05, 0.1) is 6.21 Å². The fourth-order valence-corrected chi connectivity index (χ4v) is 1.81. The van der Waals surface area contributed by atoms with Crippen molar-refractivity contribution in [3.05, 3.63) is 64.1 Å². The molecule has 0 saturated carbocycles. The van der Waals surface area contributed by atoms with Crippen LogP contribution in [0.5, 0.6) is 5.75 Å². The Bertz CT molecular complexity index is 622. The summed E-state index contributed by atoms with van der Waals surface area (Å²) in [5.74, 6) is 0.358. The first-order chi connectivity index (χ1) is 10.1. The number of nitrogens with zero attached hydrogens (tertiary/aromatic N) is 1. The highest BCUT2D eigenvalue weighted by Crippen LogP contribution is 2.11. The molecule has 0 fully saturated rings. The van der Waals surface area contributed by atoms with E-state index < -0.39 is 0 Å². The average molecular weight is 347 g/mol. The molecule has 21 heavy (non-hydrogen) atoms. The molecule has 2 aromatic carbocycles. The molecule has 108 valence electrons. The fourth-order valence-electron chi connectivity index (χ4n) is 1.54. The number of carbonyl (C=O) groups is 1. The Labute approximate surface area is 132 Å². The number of amides is 1. The maximum Gasteiger partial charge on any atom is 0.277 e. The lowest BCUT2D eigenvalue weighted by atomic mass is 10.2. The van der Waals surface area contributed by atoms with Gasteiger partial charge in [-0.2, -0.15) is 5.10 Å². The van der Waals surface area contributed by atoms with Gasteiger partial charge in [0.15, 0.2) is 6.61 Å². The molecule has 2 rings (SSSR count). The number of hydrogen-bond donors (Lipinski definition) is 1. The Morgan fingerprint density at radius 1 is 1.19 bits per heavy atom. The second kappa shape index (κ2) is 7.59. The van der Waals surface area contributed by atoms with Crippen LogP contribution in [0.4, 0.5) is 0 Å². The zero-order valence-electron chi connectivity index (χ0n) is 11.5. The maximum atomic E-state index is 11.6. The Morgan fingerprint density at radius 3 is 2.52 bits per heavy atom. The Hall–Kier alpha value is -2.14. The van der Waals surface area contributed by atoms with E-state index in [2.05, 4.69) is 26.5 Å². The molecular weight excluding hydrogens is 332 g/mol. The molecule has 0 aliphatic heterocycles. The number of nitrogens with one attached hydrogen (secondary N) is 1.